The van der Waals surface area contributed by atoms with Crippen molar-refractivity contribution in [1.29, 1.82) is 0 Å². The number of nitrogens with one attached hydrogen (secondary N) is 1. The van der Waals surface area contributed by atoms with E-state index in [1.54, 1.807) is 87.5 Å². The van der Waals surface area contributed by atoms with Crippen LogP contribution in [0, 0.1) is 0 Å². The minimum Gasteiger partial charge on any atom is -0.482 e. The number of esters is 1. The molecule has 3 aromatic carbocycles. The Morgan fingerprint density at radius 2 is 1.61 bits per heavy atom. The molecule has 0 saturated carbocycles. The molecule has 0 aliphatic heterocycles. The fourth-order valence-electron chi connectivity index (χ4n) is 3.15. The van der Waals surface area contributed by atoms with Crippen molar-refractivity contribution in [2.45, 2.75) is 31.3 Å². The van der Waals surface area contributed by atoms with Crippen LogP contribution in [0.3, 0.4) is 0 Å². The van der Waals surface area contributed by atoms with E-state index < -0.39 is 34.0 Å². The van der Waals surface area contributed by atoms with Gasteiger partial charge in [0.2, 0.25) is 0 Å². The van der Waals surface area contributed by atoms with Crippen LogP contribution in [0.5, 0.6) is 5.75 Å². The van der Waals surface area contributed by atoms with Crippen LogP contribution in [-0.2, 0) is 24.3 Å². The van der Waals surface area contributed by atoms with Gasteiger partial charge in [-0.15, -0.1) is 0 Å². The van der Waals surface area contributed by atoms with Crippen LogP contribution in [-0.4, -0.2) is 45.3 Å². The average molecular weight is 603 g/mol. The summed E-state index contributed by atoms with van der Waals surface area (Å²) in [6, 6.07) is 21.2. The molecular formula is C27H28BrN3O6S. The third-order valence-electron chi connectivity index (χ3n) is 4.79. The van der Waals surface area contributed by atoms with E-state index in [0.717, 1.165) is 8.78 Å². The fourth-order valence-corrected chi connectivity index (χ4v) is 4.86. The smallest absolute Gasteiger partial charge is 0.344 e. The molecule has 1 amide bonds. The maximum atomic E-state index is 13.3. The standard InChI is InChI=1S/C27H28BrN3O6S/c1-27(2,3)37-26(33)19-36-23-15-9-20(10-16-23)17-29-30-25(32)18-31(22-13-11-21(28)12-14-22)38(34,35)24-7-5-4-6-8-24/h4-17H,18-19H2,1-3H3,(H,30,32)/b29-17+. The van der Waals surface area contributed by atoms with Gasteiger partial charge in [0, 0.05) is 4.47 Å². The minimum atomic E-state index is -4.01. The van der Waals surface area contributed by atoms with Gasteiger partial charge in [0.15, 0.2) is 6.61 Å². The molecule has 9 nitrogen and oxygen atoms in total. The predicted molar refractivity (Wildman–Crippen MR) is 149 cm³/mol. The molecule has 200 valence electrons. The summed E-state index contributed by atoms with van der Waals surface area (Å²) in [5, 5.41) is 3.93. The highest BCUT2D eigenvalue weighted by molar-refractivity contribution is 9.10. The fraction of sp³-hybridized carbons (Fsp3) is 0.222. The Labute approximate surface area is 230 Å². The predicted octanol–water partition coefficient (Wildman–Crippen LogP) is 4.52. The molecule has 0 aliphatic carbocycles. The van der Waals surface area contributed by atoms with E-state index in [9.17, 15) is 18.0 Å². The lowest BCUT2D eigenvalue weighted by Gasteiger charge is -2.23. The largest absolute Gasteiger partial charge is 0.482 e. The van der Waals surface area contributed by atoms with Gasteiger partial charge in [0.25, 0.3) is 15.9 Å². The Balaban J connectivity index is 1.63. The highest BCUT2D eigenvalue weighted by Crippen LogP contribution is 2.25. The van der Waals surface area contributed by atoms with Crippen molar-refractivity contribution in [3.8, 4) is 5.75 Å². The molecule has 0 aliphatic rings. The molecule has 0 saturated heterocycles. The zero-order valence-corrected chi connectivity index (χ0v) is 23.5. The Morgan fingerprint density at radius 1 is 0.974 bits per heavy atom. The second kappa shape index (κ2) is 12.7. The average Bonchev–Trinajstić information content (AvgIpc) is 2.87. The number of rotatable bonds is 10. The number of sulfonamides is 1. The number of hydrogen-bond donors (Lipinski definition) is 1. The number of amides is 1. The van der Waals surface area contributed by atoms with Gasteiger partial charge in [-0.2, -0.15) is 5.10 Å². The molecule has 0 fully saturated rings. The van der Waals surface area contributed by atoms with Gasteiger partial charge in [0.05, 0.1) is 16.8 Å². The summed E-state index contributed by atoms with van der Waals surface area (Å²) in [6.07, 6.45) is 1.41. The Bertz CT molecular complexity index is 1370. The summed E-state index contributed by atoms with van der Waals surface area (Å²) >= 11 is 3.33. The van der Waals surface area contributed by atoms with Crippen LogP contribution < -0.4 is 14.5 Å². The van der Waals surface area contributed by atoms with E-state index in [2.05, 4.69) is 26.5 Å². The molecule has 0 radical (unpaired) electrons. The number of anilines is 1. The Morgan fingerprint density at radius 3 is 2.21 bits per heavy atom. The molecule has 1 N–H and O–H groups in total. The molecule has 0 spiro atoms. The van der Waals surface area contributed by atoms with Crippen LogP contribution in [0.2, 0.25) is 0 Å². The summed E-state index contributed by atoms with van der Waals surface area (Å²) in [5.41, 5.74) is 2.76. The number of hydrazone groups is 1. The quantitative estimate of drug-likeness (QED) is 0.208. The number of ether oxygens (including phenoxy) is 2. The first-order chi connectivity index (χ1) is 17.9. The van der Waals surface area contributed by atoms with Gasteiger partial charge in [-0.25, -0.2) is 18.6 Å². The second-order valence-electron chi connectivity index (χ2n) is 9.04. The molecule has 0 atom stereocenters. The highest BCUT2D eigenvalue weighted by Gasteiger charge is 2.27. The molecular weight excluding hydrogens is 574 g/mol. The maximum absolute atomic E-state index is 13.3. The minimum absolute atomic E-state index is 0.0631. The van der Waals surface area contributed by atoms with E-state index >= 15 is 0 Å². The second-order valence-corrected chi connectivity index (χ2v) is 11.8. The monoisotopic (exact) mass is 601 g/mol. The lowest BCUT2D eigenvalue weighted by Crippen LogP contribution is -2.39. The molecule has 38 heavy (non-hydrogen) atoms. The van der Waals surface area contributed by atoms with E-state index in [0.29, 0.717) is 17.0 Å². The first-order valence-electron chi connectivity index (χ1n) is 11.5. The lowest BCUT2D eigenvalue weighted by atomic mass is 10.2. The summed E-state index contributed by atoms with van der Waals surface area (Å²) in [5.74, 6) is -0.633. The summed E-state index contributed by atoms with van der Waals surface area (Å²) in [4.78, 5) is 24.5. The van der Waals surface area contributed by atoms with Gasteiger partial charge in [0.1, 0.15) is 17.9 Å². The molecule has 0 unspecified atom stereocenters. The first kappa shape index (κ1) is 28.9. The molecule has 0 bridgehead atoms. The molecule has 3 rings (SSSR count). The van der Waals surface area contributed by atoms with Gasteiger partial charge in [-0.3, -0.25) is 9.10 Å². The van der Waals surface area contributed by atoms with E-state index in [1.807, 2.05) is 0 Å². The van der Waals surface area contributed by atoms with Crippen LogP contribution in [0.1, 0.15) is 26.3 Å². The number of carbonyl (C=O) groups excluding carboxylic acids is 2. The number of benzene rings is 3. The maximum Gasteiger partial charge on any atom is 0.344 e. The van der Waals surface area contributed by atoms with Gasteiger partial charge in [-0.05, 0) is 87.0 Å². The van der Waals surface area contributed by atoms with Gasteiger partial charge < -0.3 is 9.47 Å². The molecule has 11 heteroatoms. The summed E-state index contributed by atoms with van der Waals surface area (Å²) < 4.78 is 39.0. The van der Waals surface area contributed by atoms with Crippen LogP contribution in [0.4, 0.5) is 5.69 Å². The number of halogens is 1. The van der Waals surface area contributed by atoms with Gasteiger partial charge in [-0.1, -0.05) is 34.1 Å². The Hall–Kier alpha value is -3.70. The van der Waals surface area contributed by atoms with Crippen molar-refractivity contribution >= 4 is 49.7 Å². The normalized spacial score (nSPS) is 11.7. The summed E-state index contributed by atoms with van der Waals surface area (Å²) in [7, 11) is -4.01. The topological polar surface area (TPSA) is 114 Å². The first-order valence-corrected chi connectivity index (χ1v) is 13.8. The third kappa shape index (κ3) is 8.70. The number of carbonyl (C=O) groups is 2. The highest BCUT2D eigenvalue weighted by atomic mass is 79.9. The third-order valence-corrected chi connectivity index (χ3v) is 7.11. The van der Waals surface area contributed by atoms with E-state index in [-0.39, 0.29) is 11.5 Å². The molecule has 0 aromatic heterocycles. The van der Waals surface area contributed by atoms with Crippen molar-refractivity contribution < 1.29 is 27.5 Å². The van der Waals surface area contributed by atoms with Crippen LogP contribution in [0.15, 0.2) is 93.3 Å². The SMILES string of the molecule is CC(C)(C)OC(=O)COc1ccc(/C=N/NC(=O)CN(c2ccc(Br)cc2)S(=O)(=O)c2ccccc2)cc1. The zero-order chi connectivity index (χ0) is 27.8. The summed E-state index contributed by atoms with van der Waals surface area (Å²) in [6.45, 7) is 4.63. The van der Waals surface area contributed by atoms with Crippen molar-refractivity contribution in [2.75, 3.05) is 17.5 Å². The van der Waals surface area contributed by atoms with Crippen LogP contribution in [0.25, 0.3) is 0 Å². The van der Waals surface area contributed by atoms with Crippen molar-refractivity contribution in [2.24, 2.45) is 5.10 Å². The number of hydrogen-bond acceptors (Lipinski definition) is 7. The van der Waals surface area contributed by atoms with Crippen molar-refractivity contribution in [3.63, 3.8) is 0 Å². The van der Waals surface area contributed by atoms with Crippen LogP contribution >= 0.6 is 15.9 Å². The van der Waals surface area contributed by atoms with Gasteiger partial charge >= 0.3 is 5.97 Å². The Kier molecular flexibility index (Phi) is 9.65. The van der Waals surface area contributed by atoms with E-state index in [1.165, 1.54) is 18.3 Å². The molecule has 3 aromatic rings. The van der Waals surface area contributed by atoms with Crippen molar-refractivity contribution in [1.82, 2.24) is 5.43 Å². The van der Waals surface area contributed by atoms with E-state index in [4.69, 9.17) is 9.47 Å². The molecule has 0 heterocycles. The number of nitrogens with zero attached hydrogens (tertiary/aromatic N) is 2. The van der Waals surface area contributed by atoms with Crippen molar-refractivity contribution in [3.05, 3.63) is 88.9 Å². The zero-order valence-electron chi connectivity index (χ0n) is 21.1. The lowest BCUT2D eigenvalue weighted by molar-refractivity contribution is -0.157.